The zero-order chi connectivity index (χ0) is 27.5. The number of rotatable bonds is 9. The van der Waals surface area contributed by atoms with Crippen LogP contribution in [0.25, 0.3) is 0 Å². The summed E-state index contributed by atoms with van der Waals surface area (Å²) in [4.78, 5) is 0.0565. The average Bonchev–Trinajstić information content (AvgIpc) is 2.89. The molecule has 3 N–H and O–H groups in total. The van der Waals surface area contributed by atoms with Crippen LogP contribution in [0.2, 0.25) is 0 Å². The van der Waals surface area contributed by atoms with Crippen LogP contribution in [0.1, 0.15) is 6.92 Å². The van der Waals surface area contributed by atoms with Gasteiger partial charge in [0, 0.05) is 0 Å². The van der Waals surface area contributed by atoms with Crippen molar-refractivity contribution >= 4 is 19.7 Å². The minimum Gasteiger partial charge on any atom is -0.508 e. The number of phenolic OH excluding ortho intramolecular Hbond substituents is 2. The summed E-state index contributed by atoms with van der Waals surface area (Å²) in [5, 5.41) is 28.9. The fourth-order valence-corrected chi connectivity index (χ4v) is 5.93. The van der Waals surface area contributed by atoms with Gasteiger partial charge in [-0.2, -0.15) is 0 Å². The predicted octanol–water partition coefficient (Wildman–Crippen LogP) is 3.93. The van der Waals surface area contributed by atoms with E-state index in [2.05, 4.69) is 0 Å². The van der Waals surface area contributed by atoms with Crippen molar-refractivity contribution in [1.29, 1.82) is 0 Å². The van der Waals surface area contributed by atoms with Gasteiger partial charge in [-0.15, -0.1) is 0 Å². The summed E-state index contributed by atoms with van der Waals surface area (Å²) in [6, 6.07) is 21.4. The molecule has 0 spiro atoms. The SMILES string of the molecule is CC(O)C(Oc1ccc(S(=O)(=O)c2ccc(O)cc2)cc1)Oc1ccc(S(=O)(=O)c2ccc(O)cc2)cc1. The third-order valence-electron chi connectivity index (χ3n) is 5.46. The molecule has 1 atom stereocenters. The fraction of sp³-hybridized carbons (Fsp3) is 0.111. The van der Waals surface area contributed by atoms with E-state index >= 15 is 0 Å². The molecule has 0 saturated carbocycles. The van der Waals surface area contributed by atoms with Crippen LogP contribution < -0.4 is 9.47 Å². The van der Waals surface area contributed by atoms with E-state index in [1.165, 1.54) is 104 Å². The van der Waals surface area contributed by atoms with E-state index in [0.29, 0.717) is 0 Å². The molecular weight excluding hydrogens is 532 g/mol. The maximum absolute atomic E-state index is 12.8. The molecule has 1 unspecified atom stereocenters. The molecule has 38 heavy (non-hydrogen) atoms. The van der Waals surface area contributed by atoms with Gasteiger partial charge in [-0.1, -0.05) is 0 Å². The zero-order valence-corrected chi connectivity index (χ0v) is 21.6. The van der Waals surface area contributed by atoms with Gasteiger partial charge in [-0.3, -0.25) is 0 Å². The highest BCUT2D eigenvalue weighted by Crippen LogP contribution is 2.27. The van der Waals surface area contributed by atoms with Crippen molar-refractivity contribution in [2.24, 2.45) is 0 Å². The summed E-state index contributed by atoms with van der Waals surface area (Å²) in [6.07, 6.45) is -2.29. The number of aliphatic hydroxyl groups is 1. The van der Waals surface area contributed by atoms with E-state index in [9.17, 15) is 32.2 Å². The first-order valence-electron chi connectivity index (χ1n) is 11.3. The number of hydrogen-bond donors (Lipinski definition) is 3. The van der Waals surface area contributed by atoms with Crippen LogP contribution in [0.4, 0.5) is 0 Å². The molecule has 4 aromatic carbocycles. The normalized spacial score (nSPS) is 12.7. The maximum Gasteiger partial charge on any atom is 0.266 e. The van der Waals surface area contributed by atoms with Crippen molar-refractivity contribution in [3.05, 3.63) is 97.1 Å². The Morgan fingerprint density at radius 3 is 1.05 bits per heavy atom. The summed E-state index contributed by atoms with van der Waals surface area (Å²) in [6.45, 7) is 1.44. The van der Waals surface area contributed by atoms with Gasteiger partial charge in [-0.25, -0.2) is 16.8 Å². The number of ether oxygens (including phenoxy) is 2. The second-order valence-corrected chi connectivity index (χ2v) is 12.2. The highest BCUT2D eigenvalue weighted by atomic mass is 32.2. The lowest BCUT2D eigenvalue weighted by atomic mass is 10.3. The number of phenols is 2. The molecule has 11 heteroatoms. The van der Waals surface area contributed by atoms with Gasteiger partial charge in [0.05, 0.1) is 19.6 Å². The van der Waals surface area contributed by atoms with Gasteiger partial charge >= 0.3 is 0 Å². The van der Waals surface area contributed by atoms with Gasteiger partial charge in [0.25, 0.3) is 6.29 Å². The highest BCUT2D eigenvalue weighted by Gasteiger charge is 2.22. The molecule has 4 rings (SSSR count). The van der Waals surface area contributed by atoms with Crippen LogP contribution in [0.3, 0.4) is 0 Å². The van der Waals surface area contributed by atoms with Crippen LogP contribution in [0.15, 0.2) is 117 Å². The molecular formula is C27H24O9S2. The Hall–Kier alpha value is -4.06. The van der Waals surface area contributed by atoms with Gasteiger partial charge in [-0.05, 0) is 104 Å². The fourth-order valence-electron chi connectivity index (χ4n) is 3.41. The van der Waals surface area contributed by atoms with Crippen LogP contribution in [0, 0.1) is 0 Å². The van der Waals surface area contributed by atoms with Crippen molar-refractivity contribution in [2.75, 3.05) is 0 Å². The Morgan fingerprint density at radius 1 is 0.526 bits per heavy atom. The van der Waals surface area contributed by atoms with Gasteiger partial charge in [0.15, 0.2) is 0 Å². The molecule has 4 aromatic rings. The number of aliphatic hydroxyl groups excluding tert-OH is 1. The second-order valence-electron chi connectivity index (χ2n) is 8.28. The van der Waals surface area contributed by atoms with Crippen molar-refractivity contribution in [2.45, 2.75) is 38.9 Å². The largest absolute Gasteiger partial charge is 0.508 e. The van der Waals surface area contributed by atoms with Gasteiger partial charge in [0.2, 0.25) is 19.7 Å². The van der Waals surface area contributed by atoms with Crippen molar-refractivity contribution in [1.82, 2.24) is 0 Å². The molecule has 198 valence electrons. The first kappa shape index (κ1) is 27.0. The Balaban J connectivity index is 1.47. The van der Waals surface area contributed by atoms with Crippen molar-refractivity contribution in [3.8, 4) is 23.0 Å². The lowest BCUT2D eigenvalue weighted by molar-refractivity contribution is -0.0778. The molecule has 0 aliphatic rings. The topological polar surface area (TPSA) is 147 Å². The standard InChI is InChI=1S/C27H24O9S2/c1-18(28)27(35-21-6-14-25(15-7-21)37(31,32)23-10-2-19(29)3-11-23)36-22-8-16-26(17-9-22)38(33,34)24-12-4-20(30)5-13-24/h2-18,27-30H,1H3. The molecule has 0 fully saturated rings. The smallest absolute Gasteiger partial charge is 0.266 e. The first-order chi connectivity index (χ1) is 18.0. The van der Waals surface area contributed by atoms with E-state index < -0.39 is 32.1 Å². The van der Waals surface area contributed by atoms with Crippen molar-refractivity contribution in [3.63, 3.8) is 0 Å². The quantitative estimate of drug-likeness (QED) is 0.261. The lowest BCUT2D eigenvalue weighted by Gasteiger charge is -2.23. The van der Waals surface area contributed by atoms with Crippen LogP contribution in [-0.4, -0.2) is 44.5 Å². The third-order valence-corrected chi connectivity index (χ3v) is 9.03. The maximum atomic E-state index is 12.8. The molecule has 9 nitrogen and oxygen atoms in total. The number of hydrogen-bond acceptors (Lipinski definition) is 9. The Kier molecular flexibility index (Phi) is 7.63. The number of sulfone groups is 2. The number of aromatic hydroxyl groups is 2. The molecule has 0 aromatic heterocycles. The van der Waals surface area contributed by atoms with E-state index in [4.69, 9.17) is 9.47 Å². The molecule has 0 heterocycles. The van der Waals surface area contributed by atoms with Gasteiger partial charge in [0.1, 0.15) is 29.1 Å². The molecule has 0 radical (unpaired) electrons. The minimum absolute atomic E-state index is 0.00971. The summed E-state index contributed by atoms with van der Waals surface area (Å²) in [7, 11) is -7.63. The predicted molar refractivity (Wildman–Crippen MR) is 137 cm³/mol. The molecule has 0 amide bonds. The highest BCUT2D eigenvalue weighted by molar-refractivity contribution is 7.91. The zero-order valence-electron chi connectivity index (χ0n) is 20.0. The molecule has 0 saturated heterocycles. The molecule has 0 aliphatic heterocycles. The van der Waals surface area contributed by atoms with Crippen LogP contribution in [0.5, 0.6) is 23.0 Å². The second kappa shape index (κ2) is 10.7. The Bertz CT molecular complexity index is 1470. The monoisotopic (exact) mass is 556 g/mol. The summed E-state index contributed by atoms with van der Waals surface area (Å²) < 4.78 is 62.6. The van der Waals surface area contributed by atoms with Crippen molar-refractivity contribution < 1.29 is 41.6 Å². The minimum atomic E-state index is -3.81. The molecule has 0 bridgehead atoms. The van der Waals surface area contributed by atoms with E-state index in [1.54, 1.807) is 0 Å². The third kappa shape index (κ3) is 5.91. The van der Waals surface area contributed by atoms with E-state index in [0.717, 1.165) is 0 Å². The first-order valence-corrected chi connectivity index (χ1v) is 14.2. The van der Waals surface area contributed by atoms with Crippen LogP contribution >= 0.6 is 0 Å². The number of benzene rings is 4. The van der Waals surface area contributed by atoms with E-state index in [-0.39, 0.29) is 42.6 Å². The lowest BCUT2D eigenvalue weighted by Crippen LogP contribution is -2.35. The van der Waals surface area contributed by atoms with Crippen LogP contribution in [-0.2, 0) is 19.7 Å². The van der Waals surface area contributed by atoms with E-state index in [1.807, 2.05) is 0 Å². The van der Waals surface area contributed by atoms with Gasteiger partial charge < -0.3 is 24.8 Å². The Morgan fingerprint density at radius 2 is 0.789 bits per heavy atom. The summed E-state index contributed by atoms with van der Waals surface area (Å²) >= 11 is 0. The molecule has 0 aliphatic carbocycles. The summed E-state index contributed by atoms with van der Waals surface area (Å²) in [5.41, 5.74) is 0. The average molecular weight is 557 g/mol. The summed E-state index contributed by atoms with van der Waals surface area (Å²) in [5.74, 6) is 0.357. The Labute approximate surface area is 220 Å².